The molecule has 0 bridgehead atoms. The summed E-state index contributed by atoms with van der Waals surface area (Å²) in [7, 11) is 1.58. The van der Waals surface area contributed by atoms with Gasteiger partial charge in [0.15, 0.2) is 0 Å². The van der Waals surface area contributed by atoms with Crippen molar-refractivity contribution in [2.75, 3.05) is 13.7 Å². The van der Waals surface area contributed by atoms with E-state index in [1.165, 1.54) is 0 Å². The molecular formula is C14H21NO2. The summed E-state index contributed by atoms with van der Waals surface area (Å²) in [4.78, 5) is 11.9. The number of ether oxygens (including phenoxy) is 1. The van der Waals surface area contributed by atoms with Crippen molar-refractivity contribution in [3.63, 3.8) is 0 Å². The zero-order chi connectivity index (χ0) is 12.7. The second kappa shape index (κ2) is 6.94. The fraction of sp³-hybridized carbons (Fsp3) is 0.500. The lowest BCUT2D eigenvalue weighted by Crippen LogP contribution is -2.25. The first-order valence-electron chi connectivity index (χ1n) is 6.12. The molecule has 3 heteroatoms. The molecule has 0 saturated carbocycles. The Balaban J connectivity index is 2.64. The zero-order valence-electron chi connectivity index (χ0n) is 10.9. The highest BCUT2D eigenvalue weighted by Gasteiger charge is 2.11. The molecule has 1 amide bonds. The fourth-order valence-electron chi connectivity index (χ4n) is 1.67. The average Bonchev–Trinajstić information content (AvgIpc) is 2.34. The molecule has 0 unspecified atom stereocenters. The molecule has 0 aliphatic heterocycles. The van der Waals surface area contributed by atoms with Gasteiger partial charge in [-0.2, -0.15) is 0 Å². The van der Waals surface area contributed by atoms with Gasteiger partial charge in [0.05, 0.1) is 12.7 Å². The van der Waals surface area contributed by atoms with Gasteiger partial charge >= 0.3 is 0 Å². The Labute approximate surface area is 103 Å². The number of benzene rings is 1. The number of nitrogens with one attached hydrogen (secondary N) is 1. The van der Waals surface area contributed by atoms with Crippen molar-refractivity contribution in [1.29, 1.82) is 0 Å². The maximum atomic E-state index is 11.9. The highest BCUT2D eigenvalue weighted by atomic mass is 16.5. The summed E-state index contributed by atoms with van der Waals surface area (Å²) in [5, 5.41) is 2.92. The summed E-state index contributed by atoms with van der Waals surface area (Å²) in [5.41, 5.74) is 1.67. The standard InChI is InChI=1S/C14H21NO2/c1-4-5-6-9-15-14(16)12-10-11(2)7-8-13(12)17-3/h7-8,10H,4-6,9H2,1-3H3,(H,15,16). The Morgan fingerprint density at radius 1 is 1.35 bits per heavy atom. The number of carbonyl (C=O) groups excluding carboxylic acids is 1. The lowest BCUT2D eigenvalue weighted by atomic mass is 10.1. The Kier molecular flexibility index (Phi) is 5.53. The molecule has 0 radical (unpaired) electrons. The van der Waals surface area contributed by atoms with Crippen molar-refractivity contribution < 1.29 is 9.53 Å². The smallest absolute Gasteiger partial charge is 0.255 e. The van der Waals surface area contributed by atoms with Crippen molar-refractivity contribution in [2.24, 2.45) is 0 Å². The highest BCUT2D eigenvalue weighted by Crippen LogP contribution is 2.19. The number of rotatable bonds is 6. The number of hydrogen-bond acceptors (Lipinski definition) is 2. The molecule has 1 aromatic carbocycles. The van der Waals surface area contributed by atoms with Crippen molar-refractivity contribution in [3.8, 4) is 5.75 Å². The molecule has 0 spiro atoms. The molecule has 3 nitrogen and oxygen atoms in total. The van der Waals surface area contributed by atoms with Crippen molar-refractivity contribution in [2.45, 2.75) is 33.1 Å². The summed E-state index contributed by atoms with van der Waals surface area (Å²) in [5.74, 6) is 0.574. The second-order valence-electron chi connectivity index (χ2n) is 4.17. The van der Waals surface area contributed by atoms with Crippen LogP contribution < -0.4 is 10.1 Å². The van der Waals surface area contributed by atoms with E-state index in [-0.39, 0.29) is 5.91 Å². The first kappa shape index (κ1) is 13.6. The minimum atomic E-state index is -0.0540. The van der Waals surface area contributed by atoms with Crippen molar-refractivity contribution >= 4 is 5.91 Å². The first-order valence-corrected chi connectivity index (χ1v) is 6.12. The minimum absolute atomic E-state index is 0.0540. The summed E-state index contributed by atoms with van der Waals surface area (Å²) in [6.07, 6.45) is 3.32. The molecule has 0 aromatic heterocycles. The largest absolute Gasteiger partial charge is 0.496 e. The van der Waals surface area contributed by atoms with Crippen LogP contribution in [0.15, 0.2) is 18.2 Å². The summed E-state index contributed by atoms with van der Waals surface area (Å²) in [6, 6.07) is 5.62. The van der Waals surface area contributed by atoms with Gasteiger partial charge in [0.1, 0.15) is 5.75 Å². The highest BCUT2D eigenvalue weighted by molar-refractivity contribution is 5.97. The van der Waals surface area contributed by atoms with Gasteiger partial charge in [-0.15, -0.1) is 0 Å². The molecule has 0 saturated heterocycles. The molecule has 1 N–H and O–H groups in total. The molecule has 0 atom stereocenters. The van der Waals surface area contributed by atoms with Crippen LogP contribution in [0.4, 0.5) is 0 Å². The molecular weight excluding hydrogens is 214 g/mol. The van der Waals surface area contributed by atoms with Crippen LogP contribution in [0, 0.1) is 6.92 Å². The van der Waals surface area contributed by atoms with E-state index in [0.717, 1.165) is 31.4 Å². The molecule has 0 aliphatic rings. The van der Waals surface area contributed by atoms with Gasteiger partial charge in [0.25, 0.3) is 5.91 Å². The minimum Gasteiger partial charge on any atom is -0.496 e. The van der Waals surface area contributed by atoms with Crippen LogP contribution in [0.3, 0.4) is 0 Å². The Hall–Kier alpha value is -1.51. The fourth-order valence-corrected chi connectivity index (χ4v) is 1.67. The normalized spacial score (nSPS) is 10.1. The Morgan fingerprint density at radius 3 is 2.76 bits per heavy atom. The first-order chi connectivity index (χ1) is 8.19. The number of carbonyl (C=O) groups is 1. The van der Waals surface area contributed by atoms with Crippen LogP contribution in [0.1, 0.15) is 42.1 Å². The van der Waals surface area contributed by atoms with E-state index in [4.69, 9.17) is 4.74 Å². The Bertz CT molecular complexity index is 374. The molecule has 94 valence electrons. The second-order valence-corrected chi connectivity index (χ2v) is 4.17. The van der Waals surface area contributed by atoms with E-state index in [9.17, 15) is 4.79 Å². The van der Waals surface area contributed by atoms with E-state index in [0.29, 0.717) is 11.3 Å². The van der Waals surface area contributed by atoms with Gasteiger partial charge in [0, 0.05) is 6.54 Å². The van der Waals surface area contributed by atoms with Gasteiger partial charge in [-0.25, -0.2) is 0 Å². The van der Waals surface area contributed by atoms with Crippen LogP contribution in [0.5, 0.6) is 5.75 Å². The zero-order valence-corrected chi connectivity index (χ0v) is 10.9. The van der Waals surface area contributed by atoms with Crippen LogP contribution in [-0.2, 0) is 0 Å². The number of methoxy groups -OCH3 is 1. The van der Waals surface area contributed by atoms with E-state index in [1.807, 2.05) is 25.1 Å². The van der Waals surface area contributed by atoms with Crippen LogP contribution in [0.25, 0.3) is 0 Å². The van der Waals surface area contributed by atoms with Gasteiger partial charge in [-0.1, -0.05) is 31.4 Å². The molecule has 0 heterocycles. The van der Waals surface area contributed by atoms with Crippen LogP contribution in [0.2, 0.25) is 0 Å². The van der Waals surface area contributed by atoms with E-state index in [2.05, 4.69) is 12.2 Å². The van der Waals surface area contributed by atoms with Gasteiger partial charge in [-0.05, 0) is 25.5 Å². The Morgan fingerprint density at radius 2 is 2.12 bits per heavy atom. The predicted octanol–water partition coefficient (Wildman–Crippen LogP) is 2.92. The summed E-state index contributed by atoms with van der Waals surface area (Å²) >= 11 is 0. The van der Waals surface area contributed by atoms with Gasteiger partial charge in [-0.3, -0.25) is 4.79 Å². The van der Waals surface area contributed by atoms with Crippen molar-refractivity contribution in [3.05, 3.63) is 29.3 Å². The number of aryl methyl sites for hydroxylation is 1. The van der Waals surface area contributed by atoms with Gasteiger partial charge in [0.2, 0.25) is 0 Å². The quantitative estimate of drug-likeness (QED) is 0.770. The third-order valence-corrected chi connectivity index (χ3v) is 2.67. The molecule has 1 rings (SSSR count). The summed E-state index contributed by atoms with van der Waals surface area (Å²) in [6.45, 7) is 4.84. The van der Waals surface area contributed by atoms with Crippen molar-refractivity contribution in [1.82, 2.24) is 5.32 Å². The lowest BCUT2D eigenvalue weighted by molar-refractivity contribution is 0.0950. The monoisotopic (exact) mass is 235 g/mol. The average molecular weight is 235 g/mol. The number of amides is 1. The van der Waals surface area contributed by atoms with E-state index in [1.54, 1.807) is 7.11 Å². The molecule has 0 fully saturated rings. The van der Waals surface area contributed by atoms with Crippen LogP contribution >= 0.6 is 0 Å². The third kappa shape index (κ3) is 4.10. The van der Waals surface area contributed by atoms with E-state index >= 15 is 0 Å². The maximum absolute atomic E-state index is 11.9. The number of hydrogen-bond donors (Lipinski definition) is 1. The molecule has 17 heavy (non-hydrogen) atoms. The SMILES string of the molecule is CCCCCNC(=O)c1cc(C)ccc1OC. The maximum Gasteiger partial charge on any atom is 0.255 e. The van der Waals surface area contributed by atoms with E-state index < -0.39 is 0 Å². The molecule has 0 aliphatic carbocycles. The topological polar surface area (TPSA) is 38.3 Å². The lowest BCUT2D eigenvalue weighted by Gasteiger charge is -2.09. The van der Waals surface area contributed by atoms with Gasteiger partial charge < -0.3 is 10.1 Å². The molecule has 1 aromatic rings. The number of unbranched alkanes of at least 4 members (excludes halogenated alkanes) is 2. The summed E-state index contributed by atoms with van der Waals surface area (Å²) < 4.78 is 5.19. The third-order valence-electron chi connectivity index (χ3n) is 2.67. The predicted molar refractivity (Wildman–Crippen MR) is 69.6 cm³/mol. The van der Waals surface area contributed by atoms with Crippen LogP contribution in [-0.4, -0.2) is 19.6 Å².